The van der Waals surface area contributed by atoms with Gasteiger partial charge < -0.3 is 10.2 Å². The molecule has 116 valence electrons. The number of benzene rings is 1. The van der Waals surface area contributed by atoms with Crippen LogP contribution in [0.2, 0.25) is 0 Å². The number of aryl methyl sites for hydroxylation is 1. The quantitative estimate of drug-likeness (QED) is 0.881. The molecule has 0 bridgehead atoms. The summed E-state index contributed by atoms with van der Waals surface area (Å²) >= 11 is 3.54. The zero-order chi connectivity index (χ0) is 15.5. The Hall–Kier alpha value is -1.62. The molecule has 2 heterocycles. The molecule has 1 aliphatic heterocycles. The molecule has 0 radical (unpaired) electrons. The standard InChI is InChI=1S/C17H21BrN4/c1-12-5-6-14(18)11-15(12)13(2)20-17-19-8-7-16(21-17)22-9-3-4-10-22/h5-8,11,13H,3-4,9-10H2,1-2H3,(H,19,20,21). The SMILES string of the molecule is Cc1ccc(Br)cc1C(C)Nc1nccc(N2CCCC2)n1. The fourth-order valence-electron chi connectivity index (χ4n) is 2.89. The van der Waals surface area contributed by atoms with E-state index in [1.807, 2.05) is 12.3 Å². The third-order valence-electron chi connectivity index (χ3n) is 4.12. The van der Waals surface area contributed by atoms with Crippen LogP contribution in [0.3, 0.4) is 0 Å². The lowest BCUT2D eigenvalue weighted by molar-refractivity contribution is 0.843. The predicted octanol–water partition coefficient (Wildman–Crippen LogP) is 4.32. The van der Waals surface area contributed by atoms with Gasteiger partial charge in [-0.15, -0.1) is 0 Å². The summed E-state index contributed by atoms with van der Waals surface area (Å²) in [7, 11) is 0. The third-order valence-corrected chi connectivity index (χ3v) is 4.62. The Bertz CT molecular complexity index is 653. The van der Waals surface area contributed by atoms with Gasteiger partial charge in [-0.05, 0) is 56.0 Å². The number of anilines is 2. The van der Waals surface area contributed by atoms with Crippen LogP contribution in [0.4, 0.5) is 11.8 Å². The van der Waals surface area contributed by atoms with Crippen molar-refractivity contribution in [2.75, 3.05) is 23.3 Å². The number of hydrogen-bond acceptors (Lipinski definition) is 4. The molecule has 5 heteroatoms. The molecule has 0 spiro atoms. The largest absolute Gasteiger partial charge is 0.356 e. The van der Waals surface area contributed by atoms with Crippen LogP contribution in [0.15, 0.2) is 34.9 Å². The summed E-state index contributed by atoms with van der Waals surface area (Å²) in [6, 6.07) is 8.49. The monoisotopic (exact) mass is 360 g/mol. The normalized spacial score (nSPS) is 15.9. The number of aromatic nitrogens is 2. The zero-order valence-corrected chi connectivity index (χ0v) is 14.6. The van der Waals surface area contributed by atoms with Gasteiger partial charge in [-0.25, -0.2) is 4.98 Å². The van der Waals surface area contributed by atoms with Gasteiger partial charge >= 0.3 is 0 Å². The van der Waals surface area contributed by atoms with E-state index in [9.17, 15) is 0 Å². The minimum atomic E-state index is 0.159. The lowest BCUT2D eigenvalue weighted by atomic mass is 10.0. The molecule has 0 aliphatic carbocycles. The van der Waals surface area contributed by atoms with Crippen molar-refractivity contribution in [1.82, 2.24) is 9.97 Å². The van der Waals surface area contributed by atoms with Gasteiger partial charge in [-0.2, -0.15) is 4.98 Å². The maximum absolute atomic E-state index is 4.66. The van der Waals surface area contributed by atoms with E-state index in [0.717, 1.165) is 23.4 Å². The maximum atomic E-state index is 4.66. The molecular weight excluding hydrogens is 340 g/mol. The van der Waals surface area contributed by atoms with E-state index in [-0.39, 0.29) is 6.04 Å². The van der Waals surface area contributed by atoms with Crippen molar-refractivity contribution in [2.45, 2.75) is 32.7 Å². The second-order valence-corrected chi connectivity index (χ2v) is 6.72. The van der Waals surface area contributed by atoms with Crippen molar-refractivity contribution in [2.24, 2.45) is 0 Å². The average molecular weight is 361 g/mol. The molecule has 0 saturated carbocycles. The van der Waals surface area contributed by atoms with Crippen LogP contribution < -0.4 is 10.2 Å². The maximum Gasteiger partial charge on any atom is 0.225 e. The van der Waals surface area contributed by atoms with Gasteiger partial charge in [-0.1, -0.05) is 22.0 Å². The molecule has 1 aliphatic rings. The van der Waals surface area contributed by atoms with Crippen LogP contribution in [-0.2, 0) is 0 Å². The first kappa shape index (κ1) is 15.3. The summed E-state index contributed by atoms with van der Waals surface area (Å²) in [5, 5.41) is 3.42. The highest BCUT2D eigenvalue weighted by Gasteiger charge is 2.15. The minimum absolute atomic E-state index is 0.159. The van der Waals surface area contributed by atoms with Crippen LogP contribution >= 0.6 is 15.9 Å². The highest BCUT2D eigenvalue weighted by molar-refractivity contribution is 9.10. The molecule has 3 rings (SSSR count). The Balaban J connectivity index is 1.77. The topological polar surface area (TPSA) is 41.1 Å². The summed E-state index contributed by atoms with van der Waals surface area (Å²) in [6.07, 6.45) is 4.34. The van der Waals surface area contributed by atoms with E-state index in [0.29, 0.717) is 5.95 Å². The Kier molecular flexibility index (Phi) is 4.62. The van der Waals surface area contributed by atoms with Crippen LogP contribution in [-0.4, -0.2) is 23.1 Å². The molecule has 1 unspecified atom stereocenters. The Morgan fingerprint density at radius 1 is 1.23 bits per heavy atom. The van der Waals surface area contributed by atoms with E-state index in [1.165, 1.54) is 24.0 Å². The number of halogens is 1. The smallest absolute Gasteiger partial charge is 0.225 e. The summed E-state index contributed by atoms with van der Waals surface area (Å²) in [6.45, 7) is 6.45. The number of nitrogens with one attached hydrogen (secondary N) is 1. The molecule has 1 atom stereocenters. The average Bonchev–Trinajstić information content (AvgIpc) is 3.04. The predicted molar refractivity (Wildman–Crippen MR) is 94.4 cm³/mol. The van der Waals surface area contributed by atoms with Gasteiger partial charge in [0.15, 0.2) is 0 Å². The Morgan fingerprint density at radius 2 is 2.00 bits per heavy atom. The van der Waals surface area contributed by atoms with E-state index >= 15 is 0 Å². The van der Waals surface area contributed by atoms with E-state index in [4.69, 9.17) is 0 Å². The second-order valence-electron chi connectivity index (χ2n) is 5.80. The van der Waals surface area contributed by atoms with E-state index in [1.54, 1.807) is 0 Å². The van der Waals surface area contributed by atoms with Gasteiger partial charge in [0.05, 0.1) is 6.04 Å². The van der Waals surface area contributed by atoms with Crippen LogP contribution in [0.1, 0.15) is 36.9 Å². The van der Waals surface area contributed by atoms with Crippen molar-refractivity contribution in [3.63, 3.8) is 0 Å². The molecule has 2 aromatic rings. The molecule has 1 aromatic heterocycles. The summed E-state index contributed by atoms with van der Waals surface area (Å²) in [4.78, 5) is 11.4. The first-order valence-electron chi connectivity index (χ1n) is 7.74. The van der Waals surface area contributed by atoms with Crippen molar-refractivity contribution < 1.29 is 0 Å². The van der Waals surface area contributed by atoms with Gasteiger partial charge in [0.1, 0.15) is 5.82 Å². The Labute approximate surface area is 140 Å². The zero-order valence-electron chi connectivity index (χ0n) is 13.0. The van der Waals surface area contributed by atoms with Gasteiger partial charge in [0, 0.05) is 23.8 Å². The molecule has 0 amide bonds. The first-order valence-corrected chi connectivity index (χ1v) is 8.53. The molecular formula is C17H21BrN4. The summed E-state index contributed by atoms with van der Waals surface area (Å²) in [5.74, 6) is 1.71. The summed E-state index contributed by atoms with van der Waals surface area (Å²) in [5.41, 5.74) is 2.52. The van der Waals surface area contributed by atoms with Crippen LogP contribution in [0.25, 0.3) is 0 Å². The molecule has 1 fully saturated rings. The molecule has 1 saturated heterocycles. The second kappa shape index (κ2) is 6.65. The molecule has 1 aromatic carbocycles. The third kappa shape index (κ3) is 3.40. The first-order chi connectivity index (χ1) is 10.6. The number of hydrogen-bond donors (Lipinski definition) is 1. The Morgan fingerprint density at radius 3 is 2.77 bits per heavy atom. The van der Waals surface area contributed by atoms with E-state index in [2.05, 4.69) is 68.2 Å². The molecule has 1 N–H and O–H groups in total. The van der Waals surface area contributed by atoms with Crippen molar-refractivity contribution in [3.8, 4) is 0 Å². The van der Waals surface area contributed by atoms with Gasteiger partial charge in [-0.3, -0.25) is 0 Å². The van der Waals surface area contributed by atoms with Crippen LogP contribution in [0, 0.1) is 6.92 Å². The number of rotatable bonds is 4. The van der Waals surface area contributed by atoms with Gasteiger partial charge in [0.25, 0.3) is 0 Å². The highest BCUT2D eigenvalue weighted by Crippen LogP contribution is 2.25. The highest BCUT2D eigenvalue weighted by atomic mass is 79.9. The fraction of sp³-hybridized carbons (Fsp3) is 0.412. The van der Waals surface area contributed by atoms with Gasteiger partial charge in [0.2, 0.25) is 5.95 Å². The fourth-order valence-corrected chi connectivity index (χ4v) is 3.27. The number of nitrogens with zero attached hydrogens (tertiary/aromatic N) is 3. The van der Waals surface area contributed by atoms with Crippen molar-refractivity contribution >= 4 is 27.7 Å². The van der Waals surface area contributed by atoms with Crippen LogP contribution in [0.5, 0.6) is 0 Å². The van der Waals surface area contributed by atoms with E-state index < -0.39 is 0 Å². The molecule has 4 nitrogen and oxygen atoms in total. The lowest BCUT2D eigenvalue weighted by Crippen LogP contribution is -2.20. The van der Waals surface area contributed by atoms with Crippen molar-refractivity contribution in [3.05, 3.63) is 46.1 Å². The minimum Gasteiger partial charge on any atom is -0.356 e. The molecule has 22 heavy (non-hydrogen) atoms. The summed E-state index contributed by atoms with van der Waals surface area (Å²) < 4.78 is 1.09. The van der Waals surface area contributed by atoms with Crippen molar-refractivity contribution in [1.29, 1.82) is 0 Å². The lowest BCUT2D eigenvalue weighted by Gasteiger charge is -2.19.